The molecular weight excluding hydrogens is 442 g/mol. The lowest BCUT2D eigenvalue weighted by Gasteiger charge is -2.36. The van der Waals surface area contributed by atoms with Crippen LogP contribution < -0.4 is 5.32 Å². The Hall–Kier alpha value is -0.970. The highest BCUT2D eigenvalue weighted by atomic mass is 32.2. The predicted octanol–water partition coefficient (Wildman–Crippen LogP) is 3.89. The van der Waals surface area contributed by atoms with Gasteiger partial charge in [0.25, 0.3) is 0 Å². The van der Waals surface area contributed by atoms with Crippen LogP contribution >= 0.6 is 0 Å². The van der Waals surface area contributed by atoms with Crippen LogP contribution in [0.4, 0.5) is 52.7 Å². The van der Waals surface area contributed by atoms with Gasteiger partial charge in [0.05, 0.1) is 0 Å². The fourth-order valence-corrected chi connectivity index (χ4v) is 1.67. The highest BCUT2D eigenvalue weighted by molar-refractivity contribution is 7.87. The predicted molar refractivity (Wildman–Crippen MR) is 66.5 cm³/mol. The van der Waals surface area contributed by atoms with Gasteiger partial charge in [0.2, 0.25) is 0 Å². The molecule has 0 spiro atoms. The molecule has 0 aliphatic carbocycles. The van der Waals surface area contributed by atoms with Crippen LogP contribution in [-0.4, -0.2) is 62.4 Å². The highest BCUT2D eigenvalue weighted by Crippen LogP contribution is 2.55. The molecule has 166 valence electrons. The van der Waals surface area contributed by atoms with E-state index in [1.165, 1.54) is 0 Å². The Kier molecular flexibility index (Phi) is 8.98. The zero-order valence-electron chi connectivity index (χ0n) is 13.2. The van der Waals surface area contributed by atoms with E-state index in [0.717, 1.165) is 0 Å². The summed E-state index contributed by atoms with van der Waals surface area (Å²) < 4.78 is 179. The molecular formula is C10H13F12NO3S. The van der Waals surface area contributed by atoms with E-state index in [1.54, 1.807) is 0 Å². The summed E-state index contributed by atoms with van der Waals surface area (Å²) in [5.74, 6) is -21.8. The standard InChI is InChI=1S/C8H6F12O3S.C2H7N/c9-3(1-2-4(10,11)12)5(13,14)6(15,16)7(17,18)8(19,20)24(21,22)23;1-3-2/h3H,1-2H2,(H,21,22,23);3H,1-2H3. The Morgan fingerprint density at radius 2 is 1.19 bits per heavy atom. The van der Waals surface area contributed by atoms with Crippen molar-refractivity contribution in [3.63, 3.8) is 0 Å². The van der Waals surface area contributed by atoms with Gasteiger partial charge >= 0.3 is 39.3 Å². The quantitative estimate of drug-likeness (QED) is 0.452. The Bertz CT molecular complexity index is 574. The first-order chi connectivity index (χ1) is 11.5. The van der Waals surface area contributed by atoms with Crippen molar-refractivity contribution in [1.82, 2.24) is 5.32 Å². The SMILES string of the molecule is CNC.O=S(=O)(O)C(F)(F)C(F)(F)C(F)(F)C(F)(F)C(F)CCC(F)(F)F. The molecule has 0 aromatic carbocycles. The van der Waals surface area contributed by atoms with E-state index in [4.69, 9.17) is 4.55 Å². The van der Waals surface area contributed by atoms with Crippen molar-refractivity contribution in [3.05, 3.63) is 0 Å². The van der Waals surface area contributed by atoms with E-state index in [-0.39, 0.29) is 0 Å². The number of rotatable bonds is 7. The Balaban J connectivity index is 0. The summed E-state index contributed by atoms with van der Waals surface area (Å²) >= 11 is 0. The lowest BCUT2D eigenvalue weighted by atomic mass is 9.97. The molecule has 27 heavy (non-hydrogen) atoms. The normalized spacial score (nSPS) is 15.8. The molecule has 1 atom stereocenters. The number of alkyl halides is 12. The molecule has 0 aromatic heterocycles. The van der Waals surface area contributed by atoms with Crippen molar-refractivity contribution >= 4 is 10.1 Å². The molecule has 0 radical (unpaired) electrons. The summed E-state index contributed by atoms with van der Waals surface area (Å²) in [6.07, 6.45) is -15.0. The third-order valence-corrected chi connectivity index (χ3v) is 3.48. The molecule has 2 N–H and O–H groups in total. The molecule has 0 aliphatic heterocycles. The molecule has 17 heteroatoms. The van der Waals surface area contributed by atoms with Gasteiger partial charge in [-0.15, -0.1) is 0 Å². The summed E-state index contributed by atoms with van der Waals surface area (Å²) in [5.41, 5.74) is 0. The van der Waals surface area contributed by atoms with Crippen molar-refractivity contribution in [3.8, 4) is 0 Å². The van der Waals surface area contributed by atoms with Crippen molar-refractivity contribution in [2.24, 2.45) is 0 Å². The van der Waals surface area contributed by atoms with Crippen molar-refractivity contribution in [2.75, 3.05) is 14.1 Å². The molecule has 0 heterocycles. The third kappa shape index (κ3) is 6.00. The molecule has 0 aliphatic rings. The monoisotopic (exact) mass is 455 g/mol. The average Bonchev–Trinajstić information content (AvgIpc) is 2.42. The second kappa shape index (κ2) is 8.59. The minimum absolute atomic E-state index is 1.88. The molecule has 0 bridgehead atoms. The zero-order valence-corrected chi connectivity index (χ0v) is 14.0. The van der Waals surface area contributed by atoms with Crippen LogP contribution in [0.25, 0.3) is 0 Å². The smallest absolute Gasteiger partial charge is 0.323 e. The van der Waals surface area contributed by atoms with Crippen molar-refractivity contribution < 1.29 is 65.7 Å². The van der Waals surface area contributed by atoms with Gasteiger partial charge in [-0.25, -0.2) is 4.39 Å². The van der Waals surface area contributed by atoms with Crippen molar-refractivity contribution in [2.45, 2.75) is 48.2 Å². The lowest BCUT2D eigenvalue weighted by Crippen LogP contribution is -2.66. The number of hydrogen-bond donors (Lipinski definition) is 2. The maximum absolute atomic E-state index is 13.0. The second-order valence-corrected chi connectivity index (χ2v) is 6.35. The number of hydrogen-bond acceptors (Lipinski definition) is 3. The Labute approximate surface area is 144 Å². The van der Waals surface area contributed by atoms with Crippen LogP contribution in [0.15, 0.2) is 0 Å². The van der Waals surface area contributed by atoms with Gasteiger partial charge in [-0.1, -0.05) is 0 Å². The first kappa shape index (κ1) is 28.2. The summed E-state index contributed by atoms with van der Waals surface area (Å²) in [4.78, 5) is 0. The maximum Gasteiger partial charge on any atom is 0.438 e. The molecule has 0 aromatic rings. The summed E-state index contributed by atoms with van der Waals surface area (Å²) in [6, 6.07) is 0. The molecule has 0 amide bonds. The first-order valence-electron chi connectivity index (χ1n) is 6.32. The molecule has 0 saturated heterocycles. The van der Waals surface area contributed by atoms with E-state index < -0.39 is 58.3 Å². The Morgan fingerprint density at radius 1 is 0.852 bits per heavy atom. The van der Waals surface area contributed by atoms with E-state index in [9.17, 15) is 61.1 Å². The molecule has 0 saturated carbocycles. The summed E-state index contributed by atoms with van der Waals surface area (Å²) in [6.45, 7) is 0. The number of nitrogens with one attached hydrogen (secondary N) is 1. The van der Waals surface area contributed by atoms with E-state index in [2.05, 4.69) is 5.32 Å². The lowest BCUT2D eigenvalue weighted by molar-refractivity contribution is -0.360. The average molecular weight is 455 g/mol. The highest BCUT2D eigenvalue weighted by Gasteiger charge is 2.85. The first-order valence-corrected chi connectivity index (χ1v) is 7.76. The largest absolute Gasteiger partial charge is 0.438 e. The van der Waals surface area contributed by atoms with E-state index in [1.807, 2.05) is 14.1 Å². The van der Waals surface area contributed by atoms with Crippen molar-refractivity contribution in [1.29, 1.82) is 0 Å². The fourth-order valence-electron chi connectivity index (χ4n) is 1.22. The van der Waals surface area contributed by atoms with E-state index in [0.29, 0.717) is 0 Å². The minimum atomic E-state index is -7.56. The van der Waals surface area contributed by atoms with Gasteiger partial charge in [0, 0.05) is 6.42 Å². The van der Waals surface area contributed by atoms with Gasteiger partial charge < -0.3 is 5.32 Å². The summed E-state index contributed by atoms with van der Waals surface area (Å²) in [7, 11) is -3.61. The van der Waals surface area contributed by atoms with Crippen LogP contribution in [0.2, 0.25) is 0 Å². The summed E-state index contributed by atoms with van der Waals surface area (Å²) in [5, 5.41) is -4.43. The maximum atomic E-state index is 13.0. The van der Waals surface area contributed by atoms with Gasteiger partial charge in [-0.2, -0.15) is 56.7 Å². The zero-order chi connectivity index (χ0) is 22.7. The fraction of sp³-hybridized carbons (Fsp3) is 1.00. The van der Waals surface area contributed by atoms with E-state index >= 15 is 0 Å². The minimum Gasteiger partial charge on any atom is -0.323 e. The van der Waals surface area contributed by atoms with Gasteiger partial charge in [-0.3, -0.25) is 4.55 Å². The molecule has 0 rings (SSSR count). The third-order valence-electron chi connectivity index (χ3n) is 2.58. The van der Waals surface area contributed by atoms with Crippen LogP contribution in [0.3, 0.4) is 0 Å². The van der Waals surface area contributed by atoms with Gasteiger partial charge in [-0.05, 0) is 20.5 Å². The van der Waals surface area contributed by atoms with Crippen LogP contribution in [0, 0.1) is 0 Å². The van der Waals surface area contributed by atoms with Gasteiger partial charge in [0.15, 0.2) is 6.17 Å². The van der Waals surface area contributed by atoms with Crippen LogP contribution in [-0.2, 0) is 10.1 Å². The number of halogens is 12. The molecule has 4 nitrogen and oxygen atoms in total. The topological polar surface area (TPSA) is 66.4 Å². The second-order valence-electron chi connectivity index (χ2n) is 4.88. The van der Waals surface area contributed by atoms with Crippen LogP contribution in [0.1, 0.15) is 12.8 Å². The van der Waals surface area contributed by atoms with Crippen LogP contribution in [0.5, 0.6) is 0 Å². The molecule has 0 fully saturated rings. The van der Waals surface area contributed by atoms with Gasteiger partial charge in [0.1, 0.15) is 0 Å². The molecule has 1 unspecified atom stereocenters. The Morgan fingerprint density at radius 3 is 1.44 bits per heavy atom.